The molecule has 0 spiro atoms. The number of nitriles is 1. The molecule has 0 aromatic carbocycles. The van der Waals surface area contributed by atoms with Crippen LogP contribution in [-0.4, -0.2) is 22.4 Å². The van der Waals surface area contributed by atoms with Crippen LogP contribution in [0.3, 0.4) is 0 Å². The number of nitrogens with one attached hydrogen (secondary N) is 1. The summed E-state index contributed by atoms with van der Waals surface area (Å²) in [5.41, 5.74) is 6.52. The normalized spacial score (nSPS) is 10.3. The van der Waals surface area contributed by atoms with Gasteiger partial charge in [0.05, 0.1) is 16.9 Å². The summed E-state index contributed by atoms with van der Waals surface area (Å²) >= 11 is 2.99. The van der Waals surface area contributed by atoms with Crippen molar-refractivity contribution in [2.24, 2.45) is 0 Å². The lowest BCUT2D eigenvalue weighted by molar-refractivity contribution is 0.661. The molecule has 0 radical (unpaired) electrons. The first-order valence-corrected chi connectivity index (χ1v) is 7.86. The van der Waals surface area contributed by atoms with Crippen LogP contribution < -0.4 is 11.1 Å². The summed E-state index contributed by atoms with van der Waals surface area (Å²) in [5.74, 6) is 0. The predicted molar refractivity (Wildman–Crippen MR) is 80.6 cm³/mol. The van der Waals surface area contributed by atoms with Gasteiger partial charge in [0.25, 0.3) is 0 Å². The molecular weight excluding hydrogens is 278 g/mol. The zero-order valence-electron chi connectivity index (χ0n) is 10.6. The molecule has 0 bridgehead atoms. The summed E-state index contributed by atoms with van der Waals surface area (Å²) in [6, 6.07) is 2.13. The third-order valence-electron chi connectivity index (χ3n) is 2.64. The monoisotopic (exact) mass is 293 g/mol. The maximum atomic E-state index is 8.98. The van der Waals surface area contributed by atoms with Crippen LogP contribution in [0.2, 0.25) is 0 Å². The number of nitrogens with zero attached hydrogens (tertiary/aromatic N) is 3. The first-order valence-electron chi connectivity index (χ1n) is 5.82. The number of thioether (sulfide) groups is 1. The van der Waals surface area contributed by atoms with Gasteiger partial charge >= 0.3 is 0 Å². The standard InChI is InChI=1S/C12H15N5S2/c1-18-11-10(14)9(7-13)19-12(11)16-3-2-5-17-6-4-15-8-17/h4,6,8,16H,2-3,5,14H2,1H3. The molecule has 0 atom stereocenters. The van der Waals surface area contributed by atoms with Crippen LogP contribution in [0.25, 0.3) is 0 Å². The highest BCUT2D eigenvalue weighted by atomic mass is 32.2. The molecule has 0 aliphatic rings. The highest BCUT2D eigenvalue weighted by Crippen LogP contribution is 2.41. The van der Waals surface area contributed by atoms with Crippen molar-refractivity contribution < 1.29 is 0 Å². The third-order valence-corrected chi connectivity index (χ3v) is 4.67. The Morgan fingerprint density at radius 2 is 2.47 bits per heavy atom. The SMILES string of the molecule is CSc1c(NCCCn2ccnc2)sc(C#N)c1N. The number of aryl methyl sites for hydroxylation is 1. The van der Waals surface area contributed by atoms with Crippen molar-refractivity contribution in [1.29, 1.82) is 5.26 Å². The highest BCUT2D eigenvalue weighted by Gasteiger charge is 2.14. The smallest absolute Gasteiger partial charge is 0.131 e. The van der Waals surface area contributed by atoms with Crippen LogP contribution in [0.1, 0.15) is 11.3 Å². The van der Waals surface area contributed by atoms with Crippen LogP contribution in [0.5, 0.6) is 0 Å². The fourth-order valence-corrected chi connectivity index (χ4v) is 3.57. The molecule has 0 unspecified atom stereocenters. The van der Waals surface area contributed by atoms with E-state index < -0.39 is 0 Å². The second-order valence-corrected chi connectivity index (χ2v) is 5.74. The van der Waals surface area contributed by atoms with Crippen molar-refractivity contribution in [1.82, 2.24) is 9.55 Å². The average molecular weight is 293 g/mol. The van der Waals surface area contributed by atoms with Crippen molar-refractivity contribution >= 4 is 33.8 Å². The molecule has 2 heterocycles. The largest absolute Gasteiger partial charge is 0.396 e. The molecule has 100 valence electrons. The van der Waals surface area contributed by atoms with Crippen LogP contribution in [0.4, 0.5) is 10.7 Å². The molecule has 0 saturated heterocycles. The maximum Gasteiger partial charge on any atom is 0.131 e. The average Bonchev–Trinajstić information content (AvgIpc) is 3.02. The van der Waals surface area contributed by atoms with Crippen molar-refractivity contribution in [2.75, 3.05) is 23.9 Å². The van der Waals surface area contributed by atoms with E-state index >= 15 is 0 Å². The molecule has 0 fully saturated rings. The molecule has 0 saturated carbocycles. The lowest BCUT2D eigenvalue weighted by atomic mass is 10.4. The van der Waals surface area contributed by atoms with E-state index in [1.54, 1.807) is 18.0 Å². The highest BCUT2D eigenvalue weighted by molar-refractivity contribution is 7.99. The van der Waals surface area contributed by atoms with Crippen LogP contribution in [0.15, 0.2) is 23.6 Å². The van der Waals surface area contributed by atoms with Crippen LogP contribution in [-0.2, 0) is 6.54 Å². The Kier molecular flexibility index (Phi) is 4.71. The van der Waals surface area contributed by atoms with E-state index in [1.807, 2.05) is 23.3 Å². The van der Waals surface area contributed by atoms with Gasteiger partial charge in [0.15, 0.2) is 0 Å². The molecule has 2 rings (SSSR count). The van der Waals surface area contributed by atoms with Gasteiger partial charge in [0, 0.05) is 25.5 Å². The van der Waals surface area contributed by atoms with Gasteiger partial charge in [-0.3, -0.25) is 0 Å². The van der Waals surface area contributed by atoms with Crippen molar-refractivity contribution in [3.8, 4) is 6.07 Å². The van der Waals surface area contributed by atoms with Gasteiger partial charge < -0.3 is 15.6 Å². The molecule has 0 aliphatic carbocycles. The van der Waals surface area contributed by atoms with E-state index in [0.717, 1.165) is 29.4 Å². The quantitative estimate of drug-likeness (QED) is 0.632. The fourth-order valence-electron chi connectivity index (χ4n) is 1.71. The Balaban J connectivity index is 1.91. The number of rotatable bonds is 6. The Bertz CT molecular complexity index is 568. The number of imidazole rings is 1. The van der Waals surface area contributed by atoms with E-state index in [-0.39, 0.29) is 0 Å². The summed E-state index contributed by atoms with van der Waals surface area (Å²) in [7, 11) is 0. The summed E-state index contributed by atoms with van der Waals surface area (Å²) in [6.45, 7) is 1.77. The number of hydrogen-bond donors (Lipinski definition) is 2. The summed E-state index contributed by atoms with van der Waals surface area (Å²) in [4.78, 5) is 5.56. The Morgan fingerprint density at radius 1 is 1.63 bits per heavy atom. The fraction of sp³-hybridized carbons (Fsp3) is 0.333. The Labute approximate surface area is 120 Å². The lowest BCUT2D eigenvalue weighted by Gasteiger charge is -2.06. The van der Waals surface area contributed by atoms with Crippen molar-refractivity contribution in [3.63, 3.8) is 0 Å². The zero-order chi connectivity index (χ0) is 13.7. The van der Waals surface area contributed by atoms with Gasteiger partial charge in [-0.15, -0.1) is 23.1 Å². The minimum absolute atomic E-state index is 0.585. The number of aromatic nitrogens is 2. The van der Waals surface area contributed by atoms with Crippen molar-refractivity contribution in [2.45, 2.75) is 17.9 Å². The third kappa shape index (κ3) is 3.22. The summed E-state index contributed by atoms with van der Waals surface area (Å²) < 4.78 is 2.04. The minimum atomic E-state index is 0.585. The summed E-state index contributed by atoms with van der Waals surface area (Å²) in [6.07, 6.45) is 8.49. The molecule has 2 aromatic rings. The molecule has 2 aromatic heterocycles. The molecular formula is C12H15N5S2. The Morgan fingerprint density at radius 3 is 3.11 bits per heavy atom. The number of anilines is 2. The minimum Gasteiger partial charge on any atom is -0.396 e. The number of hydrogen-bond acceptors (Lipinski definition) is 6. The number of thiophene rings is 1. The topological polar surface area (TPSA) is 79.7 Å². The van der Waals surface area contributed by atoms with Crippen LogP contribution in [0, 0.1) is 11.3 Å². The van der Waals surface area contributed by atoms with E-state index in [4.69, 9.17) is 11.0 Å². The van der Waals surface area contributed by atoms with E-state index in [0.29, 0.717) is 10.6 Å². The van der Waals surface area contributed by atoms with Gasteiger partial charge in [-0.05, 0) is 12.7 Å². The lowest BCUT2D eigenvalue weighted by Crippen LogP contribution is -2.05. The first kappa shape index (κ1) is 13.8. The van der Waals surface area contributed by atoms with Crippen LogP contribution >= 0.6 is 23.1 Å². The maximum absolute atomic E-state index is 8.98. The molecule has 3 N–H and O–H groups in total. The van der Waals surface area contributed by atoms with Crippen molar-refractivity contribution in [3.05, 3.63) is 23.6 Å². The molecule has 0 aliphatic heterocycles. The zero-order valence-corrected chi connectivity index (χ0v) is 12.2. The second-order valence-electron chi connectivity index (χ2n) is 3.90. The molecule has 5 nitrogen and oxygen atoms in total. The van der Waals surface area contributed by atoms with Gasteiger partial charge in [-0.25, -0.2) is 4.98 Å². The van der Waals surface area contributed by atoms with Gasteiger partial charge in [-0.1, -0.05) is 0 Å². The van der Waals surface area contributed by atoms with Gasteiger partial charge in [0.1, 0.15) is 15.9 Å². The van der Waals surface area contributed by atoms with Gasteiger partial charge in [-0.2, -0.15) is 5.26 Å². The van der Waals surface area contributed by atoms with Gasteiger partial charge in [0.2, 0.25) is 0 Å². The Hall–Kier alpha value is -1.65. The van der Waals surface area contributed by atoms with E-state index in [2.05, 4.69) is 16.4 Å². The molecule has 0 amide bonds. The first-order chi connectivity index (χ1) is 9.26. The second kappa shape index (κ2) is 6.50. The summed E-state index contributed by atoms with van der Waals surface area (Å²) in [5, 5.41) is 13.3. The molecule has 7 heteroatoms. The predicted octanol–water partition coefficient (Wildman–Crippen LogP) is 2.62. The number of nitrogen functional groups attached to an aromatic ring is 1. The molecule has 19 heavy (non-hydrogen) atoms. The van der Waals surface area contributed by atoms with E-state index in [9.17, 15) is 0 Å². The number of nitrogens with two attached hydrogens (primary N) is 1. The van der Waals surface area contributed by atoms with E-state index in [1.165, 1.54) is 11.3 Å².